The first-order valence-electron chi connectivity index (χ1n) is 7.72. The zero-order chi connectivity index (χ0) is 15.7. The van der Waals surface area contributed by atoms with Gasteiger partial charge in [-0.1, -0.05) is 32.0 Å². The van der Waals surface area contributed by atoms with E-state index in [-0.39, 0.29) is 11.8 Å². The van der Waals surface area contributed by atoms with Crippen LogP contribution in [0.1, 0.15) is 39.2 Å². The molecule has 0 heterocycles. The Labute approximate surface area is 128 Å². The highest BCUT2D eigenvalue weighted by Gasteiger charge is 2.15. The van der Waals surface area contributed by atoms with Gasteiger partial charge >= 0.3 is 0 Å². The van der Waals surface area contributed by atoms with Crippen molar-refractivity contribution in [3.8, 4) is 0 Å². The molecule has 0 saturated heterocycles. The Morgan fingerprint density at radius 3 is 2.67 bits per heavy atom. The van der Waals surface area contributed by atoms with Crippen LogP contribution in [0.25, 0.3) is 0 Å². The van der Waals surface area contributed by atoms with Crippen molar-refractivity contribution in [3.05, 3.63) is 29.8 Å². The van der Waals surface area contributed by atoms with E-state index in [1.54, 1.807) is 0 Å². The van der Waals surface area contributed by atoms with E-state index in [1.807, 2.05) is 31.2 Å². The van der Waals surface area contributed by atoms with Crippen LogP contribution in [-0.2, 0) is 16.1 Å². The molecule has 4 heteroatoms. The fourth-order valence-corrected chi connectivity index (χ4v) is 2.37. The summed E-state index contributed by atoms with van der Waals surface area (Å²) in [6.07, 6.45) is 1.45. The van der Waals surface area contributed by atoms with Crippen molar-refractivity contribution >= 4 is 11.6 Å². The topological polar surface area (TPSA) is 64.3 Å². The predicted molar refractivity (Wildman–Crippen MR) is 87.0 cm³/mol. The molecule has 1 unspecified atom stereocenters. The second kappa shape index (κ2) is 9.53. The summed E-state index contributed by atoms with van der Waals surface area (Å²) in [6, 6.07) is 7.75. The summed E-state index contributed by atoms with van der Waals surface area (Å²) in [5, 5.41) is 2.98. The number of para-hydroxylation sites is 1. The van der Waals surface area contributed by atoms with E-state index in [1.165, 1.54) is 0 Å². The third-order valence-electron chi connectivity index (χ3n) is 3.37. The van der Waals surface area contributed by atoms with Crippen molar-refractivity contribution in [1.82, 2.24) is 0 Å². The van der Waals surface area contributed by atoms with E-state index in [4.69, 9.17) is 10.5 Å². The van der Waals surface area contributed by atoms with Gasteiger partial charge in [0.1, 0.15) is 0 Å². The van der Waals surface area contributed by atoms with E-state index in [9.17, 15) is 4.79 Å². The Kier molecular flexibility index (Phi) is 8.01. The van der Waals surface area contributed by atoms with E-state index in [0.29, 0.717) is 32.1 Å². The Hall–Kier alpha value is -1.39. The zero-order valence-corrected chi connectivity index (χ0v) is 13.4. The van der Waals surface area contributed by atoms with Gasteiger partial charge in [-0.3, -0.25) is 4.79 Å². The third kappa shape index (κ3) is 6.74. The first-order chi connectivity index (χ1) is 10.1. The molecular weight excluding hydrogens is 264 g/mol. The molecule has 1 atom stereocenters. The Bertz CT molecular complexity index is 433. The Balaban J connectivity index is 2.61. The lowest BCUT2D eigenvalue weighted by atomic mass is 9.94. The molecule has 21 heavy (non-hydrogen) atoms. The van der Waals surface area contributed by atoms with Crippen LogP contribution < -0.4 is 11.1 Å². The lowest BCUT2D eigenvalue weighted by molar-refractivity contribution is -0.117. The second-order valence-electron chi connectivity index (χ2n) is 5.78. The summed E-state index contributed by atoms with van der Waals surface area (Å²) in [6.45, 7) is 7.98. The van der Waals surface area contributed by atoms with Crippen LogP contribution in [0.2, 0.25) is 0 Å². The summed E-state index contributed by atoms with van der Waals surface area (Å²) in [5.74, 6) is 0.815. The minimum atomic E-state index is 0.0232. The van der Waals surface area contributed by atoms with Gasteiger partial charge < -0.3 is 15.8 Å². The molecule has 1 amide bonds. The highest BCUT2D eigenvalue weighted by molar-refractivity contribution is 5.91. The van der Waals surface area contributed by atoms with Gasteiger partial charge in [0.25, 0.3) is 0 Å². The standard InChI is InChI=1S/C17H28N2O2/c1-4-21-12-15-7-5-6-8-16(15)19-17(20)10-14(11-18)9-13(2)3/h5-8,13-14H,4,9-12,18H2,1-3H3,(H,19,20). The number of rotatable bonds is 9. The molecule has 0 saturated carbocycles. The van der Waals surface area contributed by atoms with Crippen LogP contribution in [0, 0.1) is 11.8 Å². The molecule has 4 nitrogen and oxygen atoms in total. The maximum Gasteiger partial charge on any atom is 0.224 e. The fraction of sp³-hybridized carbons (Fsp3) is 0.588. The maximum absolute atomic E-state index is 12.2. The molecule has 0 aromatic heterocycles. The molecule has 0 spiro atoms. The molecule has 0 radical (unpaired) electrons. The molecule has 1 rings (SSSR count). The number of hydrogen-bond acceptors (Lipinski definition) is 3. The SMILES string of the molecule is CCOCc1ccccc1NC(=O)CC(CN)CC(C)C. The highest BCUT2D eigenvalue weighted by atomic mass is 16.5. The summed E-state index contributed by atoms with van der Waals surface area (Å²) < 4.78 is 5.43. The van der Waals surface area contributed by atoms with Crippen LogP contribution in [0.15, 0.2) is 24.3 Å². The minimum absolute atomic E-state index is 0.0232. The van der Waals surface area contributed by atoms with Crippen molar-refractivity contribution in [2.24, 2.45) is 17.6 Å². The number of nitrogens with two attached hydrogens (primary N) is 1. The number of nitrogens with one attached hydrogen (secondary N) is 1. The second-order valence-corrected chi connectivity index (χ2v) is 5.78. The average molecular weight is 292 g/mol. The van der Waals surface area contributed by atoms with Gasteiger partial charge in [-0.25, -0.2) is 0 Å². The van der Waals surface area contributed by atoms with Crippen molar-refractivity contribution in [2.75, 3.05) is 18.5 Å². The van der Waals surface area contributed by atoms with E-state index < -0.39 is 0 Å². The number of amides is 1. The van der Waals surface area contributed by atoms with Gasteiger partial charge in [-0.05, 0) is 37.8 Å². The monoisotopic (exact) mass is 292 g/mol. The molecular formula is C17H28N2O2. The van der Waals surface area contributed by atoms with Crippen molar-refractivity contribution in [2.45, 2.75) is 40.2 Å². The van der Waals surface area contributed by atoms with E-state index in [0.717, 1.165) is 17.7 Å². The smallest absolute Gasteiger partial charge is 0.224 e. The van der Waals surface area contributed by atoms with Gasteiger partial charge in [0.2, 0.25) is 5.91 Å². The molecule has 0 aliphatic heterocycles. The van der Waals surface area contributed by atoms with Gasteiger partial charge in [-0.15, -0.1) is 0 Å². The third-order valence-corrected chi connectivity index (χ3v) is 3.37. The molecule has 0 aliphatic rings. The molecule has 0 aliphatic carbocycles. The van der Waals surface area contributed by atoms with Crippen LogP contribution in [0.4, 0.5) is 5.69 Å². The first-order valence-corrected chi connectivity index (χ1v) is 7.72. The quantitative estimate of drug-likeness (QED) is 0.734. The Morgan fingerprint density at radius 2 is 2.05 bits per heavy atom. The minimum Gasteiger partial charge on any atom is -0.377 e. The van der Waals surface area contributed by atoms with Crippen LogP contribution in [0.5, 0.6) is 0 Å². The number of carbonyl (C=O) groups is 1. The van der Waals surface area contributed by atoms with Gasteiger partial charge in [0, 0.05) is 24.3 Å². The molecule has 1 aromatic rings. The van der Waals surface area contributed by atoms with Crippen molar-refractivity contribution in [1.29, 1.82) is 0 Å². The lowest BCUT2D eigenvalue weighted by Gasteiger charge is -2.17. The van der Waals surface area contributed by atoms with Crippen LogP contribution >= 0.6 is 0 Å². The number of carbonyl (C=O) groups excluding carboxylic acids is 1. The summed E-state index contributed by atoms with van der Waals surface area (Å²) in [5.41, 5.74) is 7.59. The number of benzene rings is 1. The fourth-order valence-electron chi connectivity index (χ4n) is 2.37. The summed E-state index contributed by atoms with van der Waals surface area (Å²) in [4.78, 5) is 12.2. The highest BCUT2D eigenvalue weighted by Crippen LogP contribution is 2.19. The summed E-state index contributed by atoms with van der Waals surface area (Å²) >= 11 is 0. The Morgan fingerprint density at radius 1 is 1.33 bits per heavy atom. The predicted octanol–water partition coefficient (Wildman–Crippen LogP) is 3.17. The molecule has 3 N–H and O–H groups in total. The molecule has 0 bridgehead atoms. The van der Waals surface area contributed by atoms with Gasteiger partial charge in [0.05, 0.1) is 6.61 Å². The number of hydrogen-bond donors (Lipinski definition) is 2. The zero-order valence-electron chi connectivity index (χ0n) is 13.4. The summed E-state index contributed by atoms with van der Waals surface area (Å²) in [7, 11) is 0. The van der Waals surface area contributed by atoms with Crippen molar-refractivity contribution < 1.29 is 9.53 Å². The maximum atomic E-state index is 12.2. The molecule has 0 fully saturated rings. The number of anilines is 1. The number of ether oxygens (including phenoxy) is 1. The molecule has 118 valence electrons. The molecule has 1 aromatic carbocycles. The van der Waals surface area contributed by atoms with Crippen LogP contribution in [0.3, 0.4) is 0 Å². The van der Waals surface area contributed by atoms with E-state index >= 15 is 0 Å². The van der Waals surface area contributed by atoms with Gasteiger partial charge in [-0.2, -0.15) is 0 Å². The largest absolute Gasteiger partial charge is 0.377 e. The normalized spacial score (nSPS) is 12.4. The van der Waals surface area contributed by atoms with Gasteiger partial charge in [0.15, 0.2) is 0 Å². The lowest BCUT2D eigenvalue weighted by Crippen LogP contribution is -2.23. The first kappa shape index (κ1) is 17.7. The van der Waals surface area contributed by atoms with Crippen LogP contribution in [-0.4, -0.2) is 19.1 Å². The van der Waals surface area contributed by atoms with E-state index in [2.05, 4.69) is 19.2 Å². The van der Waals surface area contributed by atoms with Crippen molar-refractivity contribution in [3.63, 3.8) is 0 Å². The average Bonchev–Trinajstić information content (AvgIpc) is 2.45.